The maximum Gasteiger partial charge on any atom is 0.340 e. The lowest BCUT2D eigenvalue weighted by Crippen LogP contribution is -2.12. The Kier molecular flexibility index (Phi) is 3.35. The second-order valence-electron chi connectivity index (χ2n) is 2.75. The Morgan fingerprint density at radius 3 is 2.75 bits per heavy atom. The SMILES string of the molecule is COC(=O)c1c(C(F)F)cnc(C#N)c1N. The van der Waals surface area contributed by atoms with E-state index in [9.17, 15) is 13.6 Å². The van der Waals surface area contributed by atoms with Crippen LogP contribution in [0.3, 0.4) is 0 Å². The van der Waals surface area contributed by atoms with Crippen molar-refractivity contribution < 1.29 is 18.3 Å². The number of pyridine rings is 1. The number of alkyl halides is 2. The smallest absolute Gasteiger partial charge is 0.340 e. The average Bonchev–Trinajstić information content (AvgIpc) is 2.27. The number of aromatic nitrogens is 1. The topological polar surface area (TPSA) is 89.0 Å². The molecule has 0 unspecified atom stereocenters. The van der Waals surface area contributed by atoms with Gasteiger partial charge in [-0.3, -0.25) is 0 Å². The number of hydrogen-bond acceptors (Lipinski definition) is 5. The molecular weight excluding hydrogens is 220 g/mol. The Morgan fingerprint density at radius 1 is 1.69 bits per heavy atom. The van der Waals surface area contributed by atoms with E-state index in [1.165, 1.54) is 0 Å². The number of carbonyl (C=O) groups is 1. The van der Waals surface area contributed by atoms with E-state index in [-0.39, 0.29) is 5.69 Å². The lowest BCUT2D eigenvalue weighted by atomic mass is 10.1. The largest absolute Gasteiger partial charge is 0.465 e. The third-order valence-corrected chi connectivity index (χ3v) is 1.88. The highest BCUT2D eigenvalue weighted by Crippen LogP contribution is 2.28. The molecule has 1 aromatic heterocycles. The van der Waals surface area contributed by atoms with E-state index < -0.39 is 29.2 Å². The van der Waals surface area contributed by atoms with Crippen LogP contribution in [-0.4, -0.2) is 18.1 Å². The van der Waals surface area contributed by atoms with Crippen LogP contribution in [0.1, 0.15) is 28.0 Å². The first-order chi connectivity index (χ1) is 7.52. The van der Waals surface area contributed by atoms with E-state index in [1.54, 1.807) is 6.07 Å². The molecule has 0 aromatic carbocycles. The Labute approximate surface area is 89.4 Å². The summed E-state index contributed by atoms with van der Waals surface area (Å²) in [4.78, 5) is 14.7. The molecule has 0 fully saturated rings. The Bertz CT molecular complexity index is 469. The Morgan fingerprint density at radius 2 is 2.31 bits per heavy atom. The van der Waals surface area contributed by atoms with E-state index >= 15 is 0 Å². The highest BCUT2D eigenvalue weighted by molar-refractivity contribution is 5.97. The molecule has 0 aliphatic heterocycles. The van der Waals surface area contributed by atoms with E-state index in [0.29, 0.717) is 0 Å². The molecule has 0 spiro atoms. The highest BCUT2D eigenvalue weighted by atomic mass is 19.3. The van der Waals surface area contributed by atoms with Crippen LogP contribution in [0.4, 0.5) is 14.5 Å². The average molecular weight is 227 g/mol. The van der Waals surface area contributed by atoms with Gasteiger partial charge in [0, 0.05) is 6.20 Å². The fraction of sp³-hybridized carbons (Fsp3) is 0.222. The number of ether oxygens (including phenoxy) is 1. The van der Waals surface area contributed by atoms with Crippen LogP contribution in [0, 0.1) is 11.3 Å². The van der Waals surface area contributed by atoms with Crippen molar-refractivity contribution in [3.63, 3.8) is 0 Å². The minimum Gasteiger partial charge on any atom is -0.465 e. The third-order valence-electron chi connectivity index (χ3n) is 1.88. The summed E-state index contributed by atoms with van der Waals surface area (Å²) in [6.45, 7) is 0. The molecule has 2 N–H and O–H groups in total. The van der Waals surface area contributed by atoms with Gasteiger partial charge < -0.3 is 10.5 Å². The van der Waals surface area contributed by atoms with E-state index in [2.05, 4.69) is 9.72 Å². The zero-order chi connectivity index (χ0) is 12.3. The van der Waals surface area contributed by atoms with Crippen LogP contribution in [0.5, 0.6) is 0 Å². The molecule has 0 radical (unpaired) electrons. The first-order valence-corrected chi connectivity index (χ1v) is 4.07. The first kappa shape index (κ1) is 11.8. The number of rotatable bonds is 2. The van der Waals surface area contributed by atoms with Gasteiger partial charge >= 0.3 is 5.97 Å². The number of hydrogen-bond donors (Lipinski definition) is 1. The number of nitriles is 1. The van der Waals surface area contributed by atoms with Gasteiger partial charge in [-0.15, -0.1) is 0 Å². The third kappa shape index (κ3) is 1.91. The first-order valence-electron chi connectivity index (χ1n) is 4.07. The molecular formula is C9H7F2N3O2. The molecule has 84 valence electrons. The van der Waals surface area contributed by atoms with Gasteiger partial charge in [-0.1, -0.05) is 0 Å². The normalized spacial score (nSPS) is 9.94. The van der Waals surface area contributed by atoms with Crippen LogP contribution < -0.4 is 5.73 Å². The van der Waals surface area contributed by atoms with Crippen LogP contribution in [-0.2, 0) is 4.74 Å². The van der Waals surface area contributed by atoms with Gasteiger partial charge in [0.2, 0.25) is 0 Å². The second-order valence-corrected chi connectivity index (χ2v) is 2.75. The summed E-state index contributed by atoms with van der Waals surface area (Å²) in [5.74, 6) is -1.02. The van der Waals surface area contributed by atoms with Gasteiger partial charge in [0.25, 0.3) is 6.43 Å². The van der Waals surface area contributed by atoms with Crippen LogP contribution >= 0.6 is 0 Å². The molecule has 16 heavy (non-hydrogen) atoms. The minimum absolute atomic E-state index is 0.287. The maximum atomic E-state index is 12.6. The molecule has 0 atom stereocenters. The van der Waals surface area contributed by atoms with Gasteiger partial charge in [-0.25, -0.2) is 18.6 Å². The van der Waals surface area contributed by atoms with Gasteiger partial charge in [-0.05, 0) is 0 Å². The molecule has 5 nitrogen and oxygen atoms in total. The number of nitrogens with two attached hydrogens (primary N) is 1. The number of nitrogen functional groups attached to an aromatic ring is 1. The maximum absolute atomic E-state index is 12.6. The molecule has 0 bridgehead atoms. The molecule has 0 saturated heterocycles. The van der Waals surface area contributed by atoms with Gasteiger partial charge in [-0.2, -0.15) is 5.26 Å². The minimum atomic E-state index is -2.92. The summed E-state index contributed by atoms with van der Waals surface area (Å²) < 4.78 is 29.4. The van der Waals surface area contributed by atoms with Crippen molar-refractivity contribution in [2.24, 2.45) is 0 Å². The molecule has 0 saturated carbocycles. The number of nitrogens with zero attached hydrogens (tertiary/aromatic N) is 2. The zero-order valence-corrected chi connectivity index (χ0v) is 8.20. The number of anilines is 1. The number of carbonyl (C=O) groups excluding carboxylic acids is 1. The van der Waals surface area contributed by atoms with Gasteiger partial charge in [0.1, 0.15) is 6.07 Å². The molecule has 7 heteroatoms. The molecule has 0 aliphatic carbocycles. The fourth-order valence-electron chi connectivity index (χ4n) is 1.13. The molecule has 1 rings (SSSR count). The molecule has 0 amide bonds. The number of esters is 1. The predicted molar refractivity (Wildman–Crippen MR) is 49.7 cm³/mol. The zero-order valence-electron chi connectivity index (χ0n) is 8.20. The van der Waals surface area contributed by atoms with Crippen molar-refractivity contribution in [3.05, 3.63) is 23.0 Å². The quantitative estimate of drug-likeness (QED) is 0.768. The lowest BCUT2D eigenvalue weighted by Gasteiger charge is -2.09. The van der Waals surface area contributed by atoms with E-state index in [1.807, 2.05) is 0 Å². The molecule has 1 aromatic rings. The molecule has 0 aliphatic rings. The standard InChI is InChI=1S/C9H7F2N3O2/c1-16-9(15)6-4(8(10)11)3-14-5(2-12)7(6)13/h3,8H,13H2,1H3. The van der Waals surface area contributed by atoms with Crippen molar-refractivity contribution in [3.8, 4) is 6.07 Å². The number of halogens is 2. The van der Waals surface area contributed by atoms with Crippen molar-refractivity contribution in [2.75, 3.05) is 12.8 Å². The summed E-state index contributed by atoms with van der Waals surface area (Å²) in [6, 6.07) is 1.59. The summed E-state index contributed by atoms with van der Waals surface area (Å²) in [6.07, 6.45) is -2.18. The monoisotopic (exact) mass is 227 g/mol. The van der Waals surface area contributed by atoms with Crippen molar-refractivity contribution in [2.45, 2.75) is 6.43 Å². The highest BCUT2D eigenvalue weighted by Gasteiger charge is 2.24. The number of methoxy groups -OCH3 is 1. The second kappa shape index (κ2) is 4.53. The van der Waals surface area contributed by atoms with Crippen LogP contribution in [0.25, 0.3) is 0 Å². The lowest BCUT2D eigenvalue weighted by molar-refractivity contribution is 0.0590. The fourth-order valence-corrected chi connectivity index (χ4v) is 1.13. The summed E-state index contributed by atoms with van der Waals surface area (Å²) in [7, 11) is 1.03. The Balaban J connectivity index is 3.50. The van der Waals surface area contributed by atoms with Crippen LogP contribution in [0.2, 0.25) is 0 Å². The summed E-state index contributed by atoms with van der Waals surface area (Å²) >= 11 is 0. The van der Waals surface area contributed by atoms with Crippen molar-refractivity contribution >= 4 is 11.7 Å². The van der Waals surface area contributed by atoms with Crippen LogP contribution in [0.15, 0.2) is 6.20 Å². The predicted octanol–water partition coefficient (Wildman–Crippen LogP) is 1.26. The van der Waals surface area contributed by atoms with E-state index in [4.69, 9.17) is 11.0 Å². The van der Waals surface area contributed by atoms with Crippen molar-refractivity contribution in [1.82, 2.24) is 4.98 Å². The summed E-state index contributed by atoms with van der Waals surface area (Å²) in [5.41, 5.74) is 3.55. The van der Waals surface area contributed by atoms with Gasteiger partial charge in [0.05, 0.1) is 23.9 Å². The molecule has 1 heterocycles. The van der Waals surface area contributed by atoms with Crippen molar-refractivity contribution in [1.29, 1.82) is 5.26 Å². The van der Waals surface area contributed by atoms with E-state index in [0.717, 1.165) is 13.3 Å². The Hall–Kier alpha value is -2.23. The summed E-state index contributed by atoms with van der Waals surface area (Å²) in [5, 5.41) is 8.59. The van der Waals surface area contributed by atoms with Gasteiger partial charge in [0.15, 0.2) is 5.69 Å².